The number of fused-ring (bicyclic) bond motifs is 1. The van der Waals surface area contributed by atoms with Crippen LogP contribution in [-0.2, 0) is 29.6 Å². The lowest BCUT2D eigenvalue weighted by Crippen LogP contribution is -2.33. The molecule has 11 nitrogen and oxygen atoms in total. The Morgan fingerprint density at radius 1 is 0.816 bits per heavy atom. The lowest BCUT2D eigenvalue weighted by Gasteiger charge is -2.25. The van der Waals surface area contributed by atoms with Crippen LogP contribution in [0.2, 0.25) is 0 Å². The molecule has 0 saturated heterocycles. The molecule has 198 valence electrons. The molecule has 1 N–H and O–H groups in total. The first kappa shape index (κ1) is 26.7. The van der Waals surface area contributed by atoms with Gasteiger partial charge in [-0.25, -0.2) is 26.1 Å². The molecule has 0 saturated carbocycles. The minimum atomic E-state index is -4.24. The first-order valence-corrected chi connectivity index (χ1v) is 13.9. The maximum atomic E-state index is 13.6. The van der Waals surface area contributed by atoms with Crippen LogP contribution in [0.3, 0.4) is 0 Å². The lowest BCUT2D eigenvalue weighted by atomic mass is 10.1. The number of ether oxygens (including phenoxy) is 3. The number of nitrogens with one attached hydrogen (secondary N) is 1. The molecule has 4 aromatic rings. The Morgan fingerprint density at radius 2 is 1.37 bits per heavy atom. The van der Waals surface area contributed by atoms with Crippen molar-refractivity contribution in [2.45, 2.75) is 9.79 Å². The molecule has 3 aromatic carbocycles. The normalized spacial score (nSPS) is 11.5. The number of sulfonamides is 2. The highest BCUT2D eigenvalue weighted by molar-refractivity contribution is 7.93. The predicted molar refractivity (Wildman–Crippen MR) is 140 cm³/mol. The van der Waals surface area contributed by atoms with E-state index >= 15 is 0 Å². The molecule has 0 bridgehead atoms. The number of nitrogens with zero attached hydrogens (tertiary/aromatic N) is 2. The molecular weight excluding hydrogens is 534 g/mol. The number of methoxy groups -OCH3 is 2. The van der Waals surface area contributed by atoms with Gasteiger partial charge in [0, 0.05) is 10.8 Å². The van der Waals surface area contributed by atoms with Crippen molar-refractivity contribution in [3.63, 3.8) is 0 Å². The Labute approximate surface area is 219 Å². The number of carbonyl (C=O) groups excluding carboxylic acids is 1. The number of carbonyl (C=O) groups is 1. The Kier molecular flexibility index (Phi) is 7.69. The average Bonchev–Trinajstić information content (AvgIpc) is 2.94. The van der Waals surface area contributed by atoms with Crippen LogP contribution in [0.25, 0.3) is 10.8 Å². The van der Waals surface area contributed by atoms with E-state index in [1.165, 1.54) is 68.9 Å². The van der Waals surface area contributed by atoms with Gasteiger partial charge in [0.05, 0.1) is 35.9 Å². The molecule has 4 rings (SSSR count). The molecular formula is C25H23N3O8S2. The number of anilines is 2. The molecule has 0 spiro atoms. The van der Waals surface area contributed by atoms with Gasteiger partial charge in [0.15, 0.2) is 6.73 Å². The summed E-state index contributed by atoms with van der Waals surface area (Å²) in [4.78, 5) is 15.1. The second kappa shape index (κ2) is 10.9. The molecule has 0 radical (unpaired) electrons. The molecule has 1 aromatic heterocycles. The van der Waals surface area contributed by atoms with Crippen LogP contribution in [-0.4, -0.2) is 49.2 Å². The summed E-state index contributed by atoms with van der Waals surface area (Å²) in [5.74, 6) is 0.936. The lowest BCUT2D eigenvalue weighted by molar-refractivity contribution is -0.128. The van der Waals surface area contributed by atoms with Crippen molar-refractivity contribution in [2.24, 2.45) is 0 Å². The fraction of sp³-hybridized carbons (Fsp3) is 0.120. The molecule has 0 aliphatic rings. The molecule has 13 heteroatoms. The quantitative estimate of drug-likeness (QED) is 0.217. The zero-order valence-corrected chi connectivity index (χ0v) is 21.9. The van der Waals surface area contributed by atoms with Gasteiger partial charge in [0.25, 0.3) is 26.5 Å². The Hall–Kier alpha value is -4.36. The second-order valence-corrected chi connectivity index (χ2v) is 11.3. The number of hydrogen-bond donors (Lipinski definition) is 1. The van der Waals surface area contributed by atoms with Crippen LogP contribution in [0.4, 0.5) is 11.5 Å². The van der Waals surface area contributed by atoms with Crippen LogP contribution in [0, 0.1) is 0 Å². The zero-order chi connectivity index (χ0) is 27.3. The monoisotopic (exact) mass is 557 g/mol. The van der Waals surface area contributed by atoms with Gasteiger partial charge in [-0.3, -0.25) is 9.52 Å². The van der Waals surface area contributed by atoms with Crippen molar-refractivity contribution >= 4 is 48.8 Å². The fourth-order valence-corrected chi connectivity index (χ4v) is 6.01. The Morgan fingerprint density at radius 3 is 1.92 bits per heavy atom. The molecule has 0 aliphatic carbocycles. The van der Waals surface area contributed by atoms with Gasteiger partial charge in [-0.05, 0) is 48.5 Å². The molecule has 0 amide bonds. The minimum Gasteiger partial charge on any atom is -0.497 e. The fourth-order valence-electron chi connectivity index (χ4n) is 3.64. The predicted octanol–water partition coefficient (Wildman–Crippen LogP) is 3.38. The van der Waals surface area contributed by atoms with E-state index < -0.39 is 26.8 Å². The smallest absolute Gasteiger partial charge is 0.294 e. The molecule has 0 fully saturated rings. The van der Waals surface area contributed by atoms with Crippen LogP contribution < -0.4 is 18.5 Å². The summed E-state index contributed by atoms with van der Waals surface area (Å²) in [6.07, 6.45) is 1.20. The summed E-state index contributed by atoms with van der Waals surface area (Å²) in [5, 5.41) is 0.671. The summed E-state index contributed by atoms with van der Waals surface area (Å²) in [6.45, 7) is -0.510. The van der Waals surface area contributed by atoms with Crippen molar-refractivity contribution in [2.75, 3.05) is 30.0 Å². The van der Waals surface area contributed by atoms with Crippen LogP contribution in [0.1, 0.15) is 0 Å². The highest BCUT2D eigenvalue weighted by atomic mass is 32.2. The van der Waals surface area contributed by atoms with Gasteiger partial charge in [-0.2, -0.15) is 0 Å². The van der Waals surface area contributed by atoms with Gasteiger partial charge in [-0.15, -0.1) is 0 Å². The number of benzene rings is 3. The molecule has 0 unspecified atom stereocenters. The number of hydrogen-bond acceptors (Lipinski definition) is 9. The van der Waals surface area contributed by atoms with E-state index in [2.05, 4.69) is 9.71 Å². The van der Waals surface area contributed by atoms with Crippen LogP contribution in [0.15, 0.2) is 88.8 Å². The molecule has 38 heavy (non-hydrogen) atoms. The third-order valence-electron chi connectivity index (χ3n) is 5.55. The second-order valence-electron chi connectivity index (χ2n) is 7.74. The van der Waals surface area contributed by atoms with Crippen molar-refractivity contribution in [3.05, 3.63) is 79.0 Å². The van der Waals surface area contributed by atoms with Crippen LogP contribution in [0.5, 0.6) is 11.5 Å². The minimum absolute atomic E-state index is 0.0155. The summed E-state index contributed by atoms with van der Waals surface area (Å²) in [5.41, 5.74) is 0.0747. The largest absolute Gasteiger partial charge is 0.497 e. The average molecular weight is 558 g/mol. The zero-order valence-electron chi connectivity index (χ0n) is 20.3. The summed E-state index contributed by atoms with van der Waals surface area (Å²) in [6, 6.07) is 18.0. The Bertz CT molecular complexity index is 1660. The van der Waals surface area contributed by atoms with E-state index in [1.807, 2.05) is 0 Å². The standard InChI is InChI=1S/C25H23N3O8S2/c1-34-18-7-11-20(12-8-18)37(30,31)27-25-23-6-4-3-5-22(23)24(15-26-25)28(16-36-17-29)38(32,33)21-13-9-19(35-2)10-14-21/h3-15,17H,16H2,1-2H3,(H,26,27). The third-order valence-corrected chi connectivity index (χ3v) is 8.66. The third kappa shape index (κ3) is 5.33. The Balaban J connectivity index is 1.79. The maximum Gasteiger partial charge on any atom is 0.294 e. The van der Waals surface area contributed by atoms with E-state index in [9.17, 15) is 21.6 Å². The van der Waals surface area contributed by atoms with E-state index in [0.717, 1.165) is 4.31 Å². The van der Waals surface area contributed by atoms with Gasteiger partial charge < -0.3 is 14.2 Å². The van der Waals surface area contributed by atoms with Crippen molar-refractivity contribution in [3.8, 4) is 11.5 Å². The first-order chi connectivity index (χ1) is 18.2. The van der Waals surface area contributed by atoms with E-state index in [0.29, 0.717) is 22.3 Å². The van der Waals surface area contributed by atoms with Gasteiger partial charge in [0.2, 0.25) is 0 Å². The van der Waals surface area contributed by atoms with Crippen molar-refractivity contribution in [1.29, 1.82) is 0 Å². The van der Waals surface area contributed by atoms with E-state index in [-0.39, 0.29) is 27.8 Å². The van der Waals surface area contributed by atoms with Gasteiger partial charge in [-0.1, -0.05) is 24.3 Å². The van der Waals surface area contributed by atoms with E-state index in [4.69, 9.17) is 14.2 Å². The summed E-state index contributed by atoms with van der Waals surface area (Å²) < 4.78 is 71.5. The molecule has 0 aliphatic heterocycles. The van der Waals surface area contributed by atoms with Crippen molar-refractivity contribution in [1.82, 2.24) is 4.98 Å². The number of rotatable bonds is 11. The number of pyridine rings is 1. The topological polar surface area (TPSA) is 141 Å². The van der Waals surface area contributed by atoms with Crippen molar-refractivity contribution < 1.29 is 35.8 Å². The van der Waals surface area contributed by atoms with Crippen LogP contribution >= 0.6 is 0 Å². The SMILES string of the molecule is COc1ccc(S(=O)(=O)Nc2ncc(N(COC=O)S(=O)(=O)c3ccc(OC)cc3)c3ccccc23)cc1. The summed E-state index contributed by atoms with van der Waals surface area (Å²) in [7, 11) is -5.35. The van der Waals surface area contributed by atoms with E-state index in [1.54, 1.807) is 24.3 Å². The molecule has 0 atom stereocenters. The highest BCUT2D eigenvalue weighted by Gasteiger charge is 2.28. The summed E-state index contributed by atoms with van der Waals surface area (Å²) >= 11 is 0. The molecule has 1 heterocycles. The maximum absolute atomic E-state index is 13.6. The highest BCUT2D eigenvalue weighted by Crippen LogP contribution is 2.34. The van der Waals surface area contributed by atoms with Gasteiger partial charge in [0.1, 0.15) is 17.3 Å². The first-order valence-electron chi connectivity index (χ1n) is 11.0. The van der Waals surface area contributed by atoms with Gasteiger partial charge >= 0.3 is 0 Å². The number of aromatic nitrogens is 1.